The summed E-state index contributed by atoms with van der Waals surface area (Å²) in [5.41, 5.74) is 0.380. The number of hydrogen-bond donors (Lipinski definition) is 1. The van der Waals surface area contributed by atoms with E-state index >= 15 is 0 Å². The summed E-state index contributed by atoms with van der Waals surface area (Å²) in [7, 11) is 0. The molecule has 3 nitrogen and oxygen atoms in total. The smallest absolute Gasteiger partial charge is 0.343 e. The third-order valence-corrected chi connectivity index (χ3v) is 4.14. The molecule has 0 aliphatic carbocycles. The molecule has 1 aliphatic heterocycles. The van der Waals surface area contributed by atoms with Gasteiger partial charge in [0.1, 0.15) is 0 Å². The molecule has 1 rings (SSSR count). The van der Waals surface area contributed by atoms with Gasteiger partial charge in [-0.1, -0.05) is 63.5 Å². The van der Waals surface area contributed by atoms with Crippen LogP contribution in [0.15, 0.2) is 48.0 Å². The van der Waals surface area contributed by atoms with Crippen molar-refractivity contribution in [3.63, 3.8) is 0 Å². The van der Waals surface area contributed by atoms with Crippen molar-refractivity contribution in [3.05, 3.63) is 48.0 Å². The summed E-state index contributed by atoms with van der Waals surface area (Å²) in [5, 5.41) is 9.65. The summed E-state index contributed by atoms with van der Waals surface area (Å²) in [4.78, 5) is 11.4. The van der Waals surface area contributed by atoms with E-state index in [1.165, 1.54) is 32.1 Å². The Hall–Kier alpha value is -1.77. The van der Waals surface area contributed by atoms with Gasteiger partial charge in [-0.05, 0) is 44.9 Å². The van der Waals surface area contributed by atoms with Crippen LogP contribution in [-0.2, 0) is 9.53 Å². The molecule has 0 unspecified atom stereocenters. The second kappa shape index (κ2) is 12.6. The summed E-state index contributed by atoms with van der Waals surface area (Å²) in [6.45, 7) is 5.72. The van der Waals surface area contributed by atoms with Crippen molar-refractivity contribution < 1.29 is 14.6 Å². The van der Waals surface area contributed by atoms with E-state index in [0.29, 0.717) is 12.0 Å². The van der Waals surface area contributed by atoms with E-state index in [-0.39, 0.29) is 11.5 Å². The second-order valence-corrected chi connectivity index (χ2v) is 6.27. The minimum Gasteiger partial charge on any atom is -0.504 e. The van der Waals surface area contributed by atoms with Crippen molar-refractivity contribution in [2.24, 2.45) is 0 Å². The van der Waals surface area contributed by atoms with Crippen molar-refractivity contribution >= 4 is 5.97 Å². The molecule has 134 valence electrons. The molecule has 1 N–H and O–H groups in total. The molecule has 1 aliphatic rings. The van der Waals surface area contributed by atoms with Crippen LogP contribution in [0.1, 0.15) is 77.6 Å². The van der Waals surface area contributed by atoms with Crippen LogP contribution >= 0.6 is 0 Å². The van der Waals surface area contributed by atoms with Crippen LogP contribution in [0.25, 0.3) is 0 Å². The number of rotatable bonds is 13. The zero-order valence-corrected chi connectivity index (χ0v) is 15.1. The largest absolute Gasteiger partial charge is 0.504 e. The Morgan fingerprint density at radius 2 is 1.58 bits per heavy atom. The molecule has 3 heteroatoms. The van der Waals surface area contributed by atoms with E-state index in [4.69, 9.17) is 4.74 Å². The Balaban J connectivity index is 1.96. The molecule has 0 aromatic carbocycles. The van der Waals surface area contributed by atoms with Gasteiger partial charge in [0.25, 0.3) is 0 Å². The van der Waals surface area contributed by atoms with Crippen LogP contribution in [0.2, 0.25) is 0 Å². The minimum atomic E-state index is -0.441. The Labute approximate surface area is 146 Å². The number of aliphatic hydroxyl groups is 1. The van der Waals surface area contributed by atoms with Crippen LogP contribution < -0.4 is 0 Å². The number of carbonyl (C=O) groups excluding carboxylic acids is 1. The number of carbonyl (C=O) groups is 1. The van der Waals surface area contributed by atoms with Gasteiger partial charge in [0.15, 0.2) is 11.5 Å². The fourth-order valence-corrected chi connectivity index (χ4v) is 2.64. The molecular weight excluding hydrogens is 300 g/mol. The lowest BCUT2D eigenvalue weighted by Gasteiger charge is -2.00. The molecule has 0 fully saturated rings. The average Bonchev–Trinajstić information content (AvgIpc) is 2.81. The molecule has 0 spiro atoms. The maximum atomic E-state index is 11.4. The minimum absolute atomic E-state index is 0.0642. The highest BCUT2D eigenvalue weighted by Crippen LogP contribution is 2.26. The molecule has 24 heavy (non-hydrogen) atoms. The van der Waals surface area contributed by atoms with Gasteiger partial charge in [0, 0.05) is 0 Å². The zero-order valence-electron chi connectivity index (χ0n) is 15.1. The Kier molecular flexibility index (Phi) is 10.7. The van der Waals surface area contributed by atoms with Gasteiger partial charge < -0.3 is 9.84 Å². The quantitative estimate of drug-likeness (QED) is 0.245. The van der Waals surface area contributed by atoms with Gasteiger partial charge in [-0.3, -0.25) is 0 Å². The third-order valence-electron chi connectivity index (χ3n) is 4.14. The van der Waals surface area contributed by atoms with Crippen LogP contribution in [0.5, 0.6) is 0 Å². The van der Waals surface area contributed by atoms with Crippen LogP contribution in [0.3, 0.4) is 0 Å². The molecule has 1 heterocycles. The fraction of sp³-hybridized carbons (Fsp3) is 0.571. The topological polar surface area (TPSA) is 46.5 Å². The SMILES string of the molecule is C=C1OC(=O)C(CCCCCCC=CCC=CCCCCC)=C1O. The van der Waals surface area contributed by atoms with E-state index < -0.39 is 5.97 Å². The van der Waals surface area contributed by atoms with Crippen molar-refractivity contribution in [2.45, 2.75) is 77.6 Å². The van der Waals surface area contributed by atoms with Gasteiger partial charge >= 0.3 is 5.97 Å². The molecule has 0 aromatic heterocycles. The third kappa shape index (κ3) is 8.19. The molecule has 0 radical (unpaired) electrons. The molecule has 0 amide bonds. The van der Waals surface area contributed by atoms with Gasteiger partial charge in [0.2, 0.25) is 0 Å². The number of esters is 1. The first-order valence-corrected chi connectivity index (χ1v) is 9.30. The maximum Gasteiger partial charge on any atom is 0.343 e. The normalized spacial score (nSPS) is 15.2. The predicted molar refractivity (Wildman–Crippen MR) is 99.6 cm³/mol. The van der Waals surface area contributed by atoms with Crippen LogP contribution in [0, 0.1) is 0 Å². The van der Waals surface area contributed by atoms with E-state index in [2.05, 4.69) is 37.8 Å². The summed E-state index contributed by atoms with van der Waals surface area (Å²) < 4.78 is 4.78. The highest BCUT2D eigenvalue weighted by molar-refractivity contribution is 5.93. The van der Waals surface area contributed by atoms with Crippen molar-refractivity contribution in [3.8, 4) is 0 Å². The first-order chi connectivity index (χ1) is 11.7. The number of cyclic esters (lactones) is 1. The molecule has 0 aromatic rings. The van der Waals surface area contributed by atoms with Gasteiger partial charge in [-0.25, -0.2) is 4.79 Å². The first-order valence-electron chi connectivity index (χ1n) is 9.30. The number of unbranched alkanes of at least 4 members (excludes halogenated alkanes) is 7. The lowest BCUT2D eigenvalue weighted by Crippen LogP contribution is -1.99. The summed E-state index contributed by atoms with van der Waals surface area (Å²) >= 11 is 0. The summed E-state index contributed by atoms with van der Waals surface area (Å²) in [6, 6.07) is 0. The van der Waals surface area contributed by atoms with E-state index in [1.807, 2.05) is 0 Å². The number of allylic oxidation sites excluding steroid dienone is 4. The lowest BCUT2D eigenvalue weighted by atomic mass is 10.1. The predicted octanol–water partition coefficient (Wildman–Crippen LogP) is 6.29. The Morgan fingerprint density at radius 3 is 2.17 bits per heavy atom. The van der Waals surface area contributed by atoms with E-state index in [1.54, 1.807) is 0 Å². The number of hydrogen-bond acceptors (Lipinski definition) is 3. The van der Waals surface area contributed by atoms with E-state index in [0.717, 1.165) is 32.1 Å². The molecule has 0 atom stereocenters. The van der Waals surface area contributed by atoms with Gasteiger partial charge in [0.05, 0.1) is 5.57 Å². The lowest BCUT2D eigenvalue weighted by molar-refractivity contribution is -0.133. The Bertz CT molecular complexity index is 483. The molecule has 0 bridgehead atoms. The highest BCUT2D eigenvalue weighted by Gasteiger charge is 2.27. The van der Waals surface area contributed by atoms with Crippen molar-refractivity contribution in [2.75, 3.05) is 0 Å². The Morgan fingerprint density at radius 1 is 0.958 bits per heavy atom. The second-order valence-electron chi connectivity index (χ2n) is 6.27. The summed E-state index contributed by atoms with van der Waals surface area (Å²) in [5.74, 6) is -0.423. The van der Waals surface area contributed by atoms with Crippen LogP contribution in [-0.4, -0.2) is 11.1 Å². The number of aliphatic hydroxyl groups excluding tert-OH is 1. The van der Waals surface area contributed by atoms with Crippen molar-refractivity contribution in [1.82, 2.24) is 0 Å². The van der Waals surface area contributed by atoms with Crippen LogP contribution in [0.4, 0.5) is 0 Å². The molecule has 0 saturated heterocycles. The standard InChI is InChI=1S/C21H32O3/c1-3-4-5-6-7-8-9-10-11-12-13-14-15-16-17-19-20(22)18(2)24-21(19)23/h7-8,10-11,22H,2-6,9,12-17H2,1H3. The fourth-order valence-electron chi connectivity index (χ4n) is 2.64. The average molecular weight is 332 g/mol. The number of ether oxygens (including phenoxy) is 1. The molecule has 0 saturated carbocycles. The maximum absolute atomic E-state index is 11.4. The molecular formula is C21H32O3. The van der Waals surface area contributed by atoms with Gasteiger partial charge in [-0.2, -0.15) is 0 Å². The van der Waals surface area contributed by atoms with Crippen molar-refractivity contribution in [1.29, 1.82) is 0 Å². The zero-order chi connectivity index (χ0) is 17.6. The summed E-state index contributed by atoms with van der Waals surface area (Å²) in [6.07, 6.45) is 21.1. The monoisotopic (exact) mass is 332 g/mol. The highest BCUT2D eigenvalue weighted by atomic mass is 16.6. The van der Waals surface area contributed by atoms with E-state index in [9.17, 15) is 9.90 Å². The van der Waals surface area contributed by atoms with Gasteiger partial charge in [-0.15, -0.1) is 0 Å². The first kappa shape index (κ1) is 20.3.